The Bertz CT molecular complexity index is 649. The van der Waals surface area contributed by atoms with Crippen molar-refractivity contribution in [1.82, 2.24) is 15.3 Å². The molecule has 0 spiro atoms. The van der Waals surface area contributed by atoms with Crippen LogP contribution < -0.4 is 5.32 Å². The number of rotatable bonds is 5. The largest absolute Gasteiger partial charge is 0.361 e. The summed E-state index contributed by atoms with van der Waals surface area (Å²) < 4.78 is 0. The quantitative estimate of drug-likeness (QED) is 0.703. The Labute approximate surface area is 129 Å². The van der Waals surface area contributed by atoms with Crippen molar-refractivity contribution in [2.24, 2.45) is 0 Å². The molecule has 0 bridgehead atoms. The molecule has 0 radical (unpaired) electrons. The Balaban J connectivity index is 0.00000147. The molecule has 20 heavy (non-hydrogen) atoms. The Morgan fingerprint density at radius 2 is 2.00 bits per heavy atom. The predicted octanol–water partition coefficient (Wildman–Crippen LogP) is 3.47. The summed E-state index contributed by atoms with van der Waals surface area (Å²) in [4.78, 5) is 7.42. The highest BCUT2D eigenvalue weighted by Crippen LogP contribution is 2.17. The average Bonchev–Trinajstić information content (AvgIpc) is 2.88. The smallest absolute Gasteiger partial charge is 0.0456 e. The van der Waals surface area contributed by atoms with Gasteiger partial charge in [0, 0.05) is 36.0 Å². The first-order chi connectivity index (χ1) is 9.43. The fraction of sp³-hybridized carbons (Fsp3) is 0.188. The van der Waals surface area contributed by atoms with E-state index in [-0.39, 0.29) is 17.0 Å². The molecule has 0 aliphatic rings. The van der Waals surface area contributed by atoms with Gasteiger partial charge in [0.2, 0.25) is 0 Å². The van der Waals surface area contributed by atoms with Crippen molar-refractivity contribution < 1.29 is 0 Å². The highest BCUT2D eigenvalue weighted by Gasteiger charge is 2.01. The number of hydrogen-bond acceptors (Lipinski definition) is 2. The number of aromatic amines is 1. The number of fused-ring (bicyclic) bond motifs is 1. The molecular weight excluding hydrogens is 314 g/mol. The number of pyridine rings is 1. The highest BCUT2D eigenvalue weighted by atomic mass is 79.9. The molecule has 1 aromatic carbocycles. The first kappa shape index (κ1) is 14.8. The van der Waals surface area contributed by atoms with Crippen molar-refractivity contribution in [3.63, 3.8) is 0 Å². The number of benzene rings is 1. The normalized spacial score (nSPS) is 10.4. The molecule has 0 unspecified atom stereocenters. The lowest BCUT2D eigenvalue weighted by Gasteiger charge is -2.04. The first-order valence-electron chi connectivity index (χ1n) is 6.58. The summed E-state index contributed by atoms with van der Waals surface area (Å²) in [7, 11) is 0. The van der Waals surface area contributed by atoms with E-state index in [1.807, 2.05) is 12.3 Å². The van der Waals surface area contributed by atoms with Crippen molar-refractivity contribution in [2.45, 2.75) is 13.0 Å². The Hall–Kier alpha value is -1.65. The molecule has 0 atom stereocenters. The molecule has 3 aromatic rings. The lowest BCUT2D eigenvalue weighted by atomic mass is 10.1. The molecule has 4 heteroatoms. The van der Waals surface area contributed by atoms with Crippen molar-refractivity contribution >= 4 is 27.9 Å². The molecule has 2 heterocycles. The van der Waals surface area contributed by atoms with Crippen molar-refractivity contribution in [3.8, 4) is 0 Å². The number of aromatic nitrogens is 2. The van der Waals surface area contributed by atoms with Gasteiger partial charge in [0.15, 0.2) is 0 Å². The summed E-state index contributed by atoms with van der Waals surface area (Å²) in [6, 6.07) is 12.5. The molecule has 104 valence electrons. The molecule has 2 N–H and O–H groups in total. The second kappa shape index (κ2) is 7.22. The number of para-hydroxylation sites is 1. The molecule has 3 rings (SSSR count). The number of hydrogen-bond donors (Lipinski definition) is 2. The number of H-pyrrole nitrogens is 1. The second-order valence-electron chi connectivity index (χ2n) is 4.65. The van der Waals surface area contributed by atoms with Crippen LogP contribution in [-0.2, 0) is 13.0 Å². The first-order valence-corrected chi connectivity index (χ1v) is 6.58. The third kappa shape index (κ3) is 3.46. The fourth-order valence-corrected chi connectivity index (χ4v) is 2.30. The zero-order valence-electron chi connectivity index (χ0n) is 11.2. The third-order valence-electron chi connectivity index (χ3n) is 3.30. The van der Waals surface area contributed by atoms with Crippen LogP contribution >= 0.6 is 17.0 Å². The second-order valence-corrected chi connectivity index (χ2v) is 4.65. The van der Waals surface area contributed by atoms with E-state index >= 15 is 0 Å². The van der Waals surface area contributed by atoms with Gasteiger partial charge in [0.1, 0.15) is 0 Å². The zero-order valence-corrected chi connectivity index (χ0v) is 12.9. The fourth-order valence-electron chi connectivity index (χ4n) is 2.30. The van der Waals surface area contributed by atoms with E-state index in [0.29, 0.717) is 0 Å². The Kier molecular flexibility index (Phi) is 5.32. The summed E-state index contributed by atoms with van der Waals surface area (Å²) in [6.07, 6.45) is 6.84. The van der Waals surface area contributed by atoms with Gasteiger partial charge in [-0.3, -0.25) is 4.98 Å². The van der Waals surface area contributed by atoms with Gasteiger partial charge in [-0.2, -0.15) is 0 Å². The summed E-state index contributed by atoms with van der Waals surface area (Å²) in [5.41, 5.74) is 3.81. The van der Waals surface area contributed by atoms with Crippen LogP contribution in [0.3, 0.4) is 0 Å². The van der Waals surface area contributed by atoms with E-state index in [4.69, 9.17) is 0 Å². The summed E-state index contributed by atoms with van der Waals surface area (Å²) >= 11 is 0. The van der Waals surface area contributed by atoms with Crippen LogP contribution in [0.25, 0.3) is 10.9 Å². The van der Waals surface area contributed by atoms with Crippen molar-refractivity contribution in [1.29, 1.82) is 0 Å². The zero-order chi connectivity index (χ0) is 12.9. The molecule has 0 aliphatic heterocycles. The SMILES string of the molecule is Br.c1cncc(CNCCc2c[nH]c3ccccc23)c1. The molecule has 0 saturated heterocycles. The van der Waals surface area contributed by atoms with Crippen LogP contribution in [0.5, 0.6) is 0 Å². The summed E-state index contributed by atoms with van der Waals surface area (Å²) in [5.74, 6) is 0. The van der Waals surface area contributed by atoms with Gasteiger partial charge >= 0.3 is 0 Å². The van der Waals surface area contributed by atoms with E-state index in [1.54, 1.807) is 6.20 Å². The van der Waals surface area contributed by atoms with Crippen LogP contribution in [0.4, 0.5) is 0 Å². The van der Waals surface area contributed by atoms with Gasteiger partial charge in [-0.05, 0) is 36.2 Å². The summed E-state index contributed by atoms with van der Waals surface area (Å²) in [5, 5.41) is 4.78. The maximum Gasteiger partial charge on any atom is 0.0456 e. The molecule has 0 saturated carbocycles. The molecular formula is C16H18BrN3. The predicted molar refractivity (Wildman–Crippen MR) is 88.3 cm³/mol. The molecule has 2 aromatic heterocycles. The Morgan fingerprint density at radius 1 is 1.10 bits per heavy atom. The van der Waals surface area contributed by atoms with Crippen molar-refractivity contribution in [2.75, 3.05) is 6.54 Å². The average molecular weight is 332 g/mol. The van der Waals surface area contributed by atoms with Gasteiger partial charge < -0.3 is 10.3 Å². The van der Waals surface area contributed by atoms with Gasteiger partial charge in [0.25, 0.3) is 0 Å². The van der Waals surface area contributed by atoms with E-state index in [9.17, 15) is 0 Å². The minimum absolute atomic E-state index is 0. The van der Waals surface area contributed by atoms with Crippen LogP contribution in [0.2, 0.25) is 0 Å². The molecule has 0 amide bonds. The molecule has 3 nitrogen and oxygen atoms in total. The molecule has 0 fully saturated rings. The highest BCUT2D eigenvalue weighted by molar-refractivity contribution is 8.93. The van der Waals surface area contributed by atoms with Crippen LogP contribution in [0.15, 0.2) is 55.0 Å². The van der Waals surface area contributed by atoms with E-state index in [2.05, 4.69) is 51.8 Å². The minimum atomic E-state index is 0. The maximum atomic E-state index is 4.11. The van der Waals surface area contributed by atoms with E-state index < -0.39 is 0 Å². The number of halogens is 1. The maximum absolute atomic E-state index is 4.11. The number of nitrogens with zero attached hydrogens (tertiary/aromatic N) is 1. The lowest BCUT2D eigenvalue weighted by molar-refractivity contribution is 0.687. The Morgan fingerprint density at radius 3 is 2.85 bits per heavy atom. The topological polar surface area (TPSA) is 40.7 Å². The molecule has 0 aliphatic carbocycles. The van der Waals surface area contributed by atoms with Gasteiger partial charge in [0.05, 0.1) is 0 Å². The van der Waals surface area contributed by atoms with Crippen molar-refractivity contribution in [3.05, 3.63) is 66.1 Å². The summed E-state index contributed by atoms with van der Waals surface area (Å²) in [6.45, 7) is 1.84. The van der Waals surface area contributed by atoms with Crippen LogP contribution in [0.1, 0.15) is 11.1 Å². The standard InChI is InChI=1S/C16H17N3.BrH/c1-2-6-16-15(5-1)14(12-19-16)7-9-18-11-13-4-3-8-17-10-13;/h1-6,8,10,12,18-19H,7,9,11H2;1H. The van der Waals surface area contributed by atoms with Crippen LogP contribution in [-0.4, -0.2) is 16.5 Å². The third-order valence-corrected chi connectivity index (χ3v) is 3.30. The van der Waals surface area contributed by atoms with Crippen LogP contribution in [0, 0.1) is 0 Å². The number of nitrogens with one attached hydrogen (secondary N) is 2. The van der Waals surface area contributed by atoms with E-state index in [1.165, 1.54) is 22.0 Å². The van der Waals surface area contributed by atoms with Gasteiger partial charge in [-0.1, -0.05) is 24.3 Å². The monoisotopic (exact) mass is 331 g/mol. The van der Waals surface area contributed by atoms with Gasteiger partial charge in [-0.25, -0.2) is 0 Å². The van der Waals surface area contributed by atoms with E-state index in [0.717, 1.165) is 19.5 Å². The van der Waals surface area contributed by atoms with Gasteiger partial charge in [-0.15, -0.1) is 17.0 Å². The lowest BCUT2D eigenvalue weighted by Crippen LogP contribution is -2.16. The minimum Gasteiger partial charge on any atom is -0.361 e.